The summed E-state index contributed by atoms with van der Waals surface area (Å²) in [5.41, 5.74) is 3.13. The molecule has 1 amide bonds. The van der Waals surface area contributed by atoms with Gasteiger partial charge in [0.1, 0.15) is 5.75 Å². The highest BCUT2D eigenvalue weighted by atomic mass is 16.5. The molecule has 1 fully saturated rings. The molecule has 0 N–H and O–H groups in total. The van der Waals surface area contributed by atoms with Crippen molar-refractivity contribution >= 4 is 11.6 Å². The number of carbonyl (C=O) groups excluding carboxylic acids is 1. The van der Waals surface area contributed by atoms with E-state index in [1.807, 2.05) is 36.1 Å². The molecule has 1 saturated heterocycles. The van der Waals surface area contributed by atoms with Crippen LogP contribution in [0.4, 0.5) is 5.69 Å². The molecule has 0 saturated carbocycles. The summed E-state index contributed by atoms with van der Waals surface area (Å²) in [6.07, 6.45) is 3.20. The summed E-state index contributed by atoms with van der Waals surface area (Å²) >= 11 is 0. The Hall–Kier alpha value is -2.56. The highest BCUT2D eigenvalue weighted by Gasteiger charge is 2.19. The van der Waals surface area contributed by atoms with Gasteiger partial charge in [0.05, 0.1) is 13.5 Å². The van der Waals surface area contributed by atoms with E-state index < -0.39 is 0 Å². The lowest BCUT2D eigenvalue weighted by molar-refractivity contribution is -0.130. The van der Waals surface area contributed by atoms with Gasteiger partial charge in [-0.3, -0.25) is 9.78 Å². The van der Waals surface area contributed by atoms with E-state index in [1.54, 1.807) is 13.3 Å². The third kappa shape index (κ3) is 4.50. The van der Waals surface area contributed by atoms with Crippen LogP contribution in [0.25, 0.3) is 0 Å². The summed E-state index contributed by atoms with van der Waals surface area (Å²) < 4.78 is 5.22. The van der Waals surface area contributed by atoms with Crippen molar-refractivity contribution in [3.63, 3.8) is 0 Å². The van der Waals surface area contributed by atoms with Gasteiger partial charge in [-0.1, -0.05) is 6.07 Å². The van der Waals surface area contributed by atoms with Crippen molar-refractivity contribution in [3.05, 3.63) is 53.9 Å². The van der Waals surface area contributed by atoms with E-state index in [0.29, 0.717) is 6.42 Å². The number of hydrogen-bond donors (Lipinski definition) is 0. The van der Waals surface area contributed by atoms with Gasteiger partial charge in [0, 0.05) is 43.8 Å². The lowest BCUT2D eigenvalue weighted by Crippen LogP contribution is -2.36. The molecule has 0 atom stereocenters. The Morgan fingerprint density at radius 3 is 2.56 bits per heavy atom. The van der Waals surface area contributed by atoms with Crippen molar-refractivity contribution < 1.29 is 9.53 Å². The second-order valence-corrected chi connectivity index (χ2v) is 6.40. The van der Waals surface area contributed by atoms with E-state index in [-0.39, 0.29) is 5.91 Å². The number of pyridine rings is 1. The molecule has 1 aromatic heterocycles. The number of nitrogens with zero attached hydrogens (tertiary/aromatic N) is 3. The SMILES string of the molecule is COc1ccc(N2CCCN(C(=O)Cc3ccc(C)nc3)CC2)cc1. The molecular formula is C20H25N3O2. The number of carbonyl (C=O) groups is 1. The quantitative estimate of drug-likeness (QED) is 0.859. The van der Waals surface area contributed by atoms with Crippen molar-refractivity contribution in [1.82, 2.24) is 9.88 Å². The zero-order chi connectivity index (χ0) is 17.6. The number of aryl methyl sites for hydroxylation is 1. The van der Waals surface area contributed by atoms with Crippen LogP contribution >= 0.6 is 0 Å². The fourth-order valence-corrected chi connectivity index (χ4v) is 3.11. The van der Waals surface area contributed by atoms with Crippen molar-refractivity contribution in [2.45, 2.75) is 19.8 Å². The lowest BCUT2D eigenvalue weighted by Gasteiger charge is -2.24. The predicted molar refractivity (Wildman–Crippen MR) is 99.1 cm³/mol. The third-order valence-electron chi connectivity index (χ3n) is 4.61. The van der Waals surface area contributed by atoms with Gasteiger partial charge < -0.3 is 14.5 Å². The molecule has 1 aliphatic heterocycles. The van der Waals surface area contributed by atoms with Crippen LogP contribution in [0.1, 0.15) is 17.7 Å². The second-order valence-electron chi connectivity index (χ2n) is 6.40. The molecule has 5 nitrogen and oxygen atoms in total. The molecule has 1 aliphatic rings. The molecule has 1 aromatic carbocycles. The monoisotopic (exact) mass is 339 g/mol. The molecular weight excluding hydrogens is 314 g/mol. The van der Waals surface area contributed by atoms with Gasteiger partial charge in [0.15, 0.2) is 0 Å². The Labute approximate surface area is 149 Å². The molecule has 2 aromatic rings. The molecule has 2 heterocycles. The fourth-order valence-electron chi connectivity index (χ4n) is 3.11. The van der Waals surface area contributed by atoms with Crippen molar-refractivity contribution in [2.75, 3.05) is 38.2 Å². The fraction of sp³-hybridized carbons (Fsp3) is 0.400. The van der Waals surface area contributed by atoms with E-state index in [9.17, 15) is 4.79 Å². The minimum Gasteiger partial charge on any atom is -0.497 e. The summed E-state index contributed by atoms with van der Waals surface area (Å²) in [7, 11) is 1.67. The van der Waals surface area contributed by atoms with Gasteiger partial charge in [-0.15, -0.1) is 0 Å². The first-order chi connectivity index (χ1) is 12.2. The number of hydrogen-bond acceptors (Lipinski definition) is 4. The second kappa shape index (κ2) is 8.01. The van der Waals surface area contributed by atoms with Gasteiger partial charge >= 0.3 is 0 Å². The average Bonchev–Trinajstić information content (AvgIpc) is 2.90. The van der Waals surface area contributed by atoms with Crippen molar-refractivity contribution in [2.24, 2.45) is 0 Å². The van der Waals surface area contributed by atoms with Crippen LogP contribution in [-0.2, 0) is 11.2 Å². The first-order valence-electron chi connectivity index (χ1n) is 8.74. The Bertz CT molecular complexity index is 698. The van der Waals surface area contributed by atoms with Crippen LogP contribution in [0.3, 0.4) is 0 Å². The van der Waals surface area contributed by atoms with E-state index in [2.05, 4.69) is 22.0 Å². The number of amides is 1. The van der Waals surface area contributed by atoms with Crippen LogP contribution in [0.15, 0.2) is 42.6 Å². The van der Waals surface area contributed by atoms with Gasteiger partial charge in [0.25, 0.3) is 0 Å². The van der Waals surface area contributed by atoms with Crippen LogP contribution in [-0.4, -0.2) is 49.1 Å². The smallest absolute Gasteiger partial charge is 0.227 e. The normalized spacial score (nSPS) is 15.0. The molecule has 5 heteroatoms. The molecule has 0 radical (unpaired) electrons. The average molecular weight is 339 g/mol. The molecule has 0 aliphatic carbocycles. The number of benzene rings is 1. The van der Waals surface area contributed by atoms with Crippen molar-refractivity contribution in [3.8, 4) is 5.75 Å². The summed E-state index contributed by atoms with van der Waals surface area (Å²) in [6.45, 7) is 5.33. The number of rotatable bonds is 4. The van der Waals surface area contributed by atoms with Gasteiger partial charge in [0.2, 0.25) is 5.91 Å². The number of ether oxygens (including phenoxy) is 1. The highest BCUT2D eigenvalue weighted by molar-refractivity contribution is 5.78. The summed E-state index contributed by atoms with van der Waals surface area (Å²) in [6, 6.07) is 12.1. The maximum atomic E-state index is 12.6. The maximum Gasteiger partial charge on any atom is 0.227 e. The Morgan fingerprint density at radius 1 is 1.08 bits per heavy atom. The number of aromatic nitrogens is 1. The van der Waals surface area contributed by atoms with E-state index >= 15 is 0 Å². The standard InChI is InChI=1S/C20H25N3O2/c1-16-4-5-17(15-21-16)14-20(24)23-11-3-10-22(12-13-23)18-6-8-19(25-2)9-7-18/h4-9,15H,3,10-14H2,1-2H3. The molecule has 132 valence electrons. The van der Waals surface area contributed by atoms with Crippen LogP contribution in [0.5, 0.6) is 5.75 Å². The van der Waals surface area contributed by atoms with Gasteiger partial charge in [-0.2, -0.15) is 0 Å². The van der Waals surface area contributed by atoms with E-state index in [0.717, 1.165) is 49.6 Å². The summed E-state index contributed by atoms with van der Waals surface area (Å²) in [5, 5.41) is 0. The highest BCUT2D eigenvalue weighted by Crippen LogP contribution is 2.20. The Kier molecular flexibility index (Phi) is 5.53. The van der Waals surface area contributed by atoms with E-state index in [1.165, 1.54) is 5.69 Å². The maximum absolute atomic E-state index is 12.6. The van der Waals surface area contributed by atoms with Crippen LogP contribution in [0.2, 0.25) is 0 Å². The minimum atomic E-state index is 0.183. The molecule has 0 unspecified atom stereocenters. The zero-order valence-corrected chi connectivity index (χ0v) is 14.9. The van der Waals surface area contributed by atoms with Crippen LogP contribution in [0, 0.1) is 6.92 Å². The predicted octanol–water partition coefficient (Wildman–Crippen LogP) is 2.68. The summed E-state index contributed by atoms with van der Waals surface area (Å²) in [4.78, 5) is 21.2. The Morgan fingerprint density at radius 2 is 1.88 bits per heavy atom. The molecule has 3 rings (SSSR count). The van der Waals surface area contributed by atoms with Gasteiger partial charge in [-0.05, 0) is 49.2 Å². The zero-order valence-electron chi connectivity index (χ0n) is 14.9. The van der Waals surface area contributed by atoms with Gasteiger partial charge in [-0.25, -0.2) is 0 Å². The van der Waals surface area contributed by atoms with Crippen LogP contribution < -0.4 is 9.64 Å². The first-order valence-corrected chi connectivity index (χ1v) is 8.74. The molecule has 0 spiro atoms. The topological polar surface area (TPSA) is 45.7 Å². The molecule has 25 heavy (non-hydrogen) atoms. The van der Waals surface area contributed by atoms with E-state index in [4.69, 9.17) is 4.74 Å². The lowest BCUT2D eigenvalue weighted by atomic mass is 10.2. The largest absolute Gasteiger partial charge is 0.497 e. The minimum absolute atomic E-state index is 0.183. The molecule has 0 bridgehead atoms. The summed E-state index contributed by atoms with van der Waals surface area (Å²) in [5.74, 6) is 1.05. The first kappa shape index (κ1) is 17.3. The van der Waals surface area contributed by atoms with Crippen molar-refractivity contribution in [1.29, 1.82) is 0 Å². The Balaban J connectivity index is 1.58. The number of methoxy groups -OCH3 is 1. The third-order valence-corrected chi connectivity index (χ3v) is 4.61. The number of anilines is 1.